The molecule has 4 nitrogen and oxygen atoms in total. The SMILES string of the molecule is Cc1cc(N)ccc1OCc1cn2ccccc2n1. The van der Waals surface area contributed by atoms with E-state index in [4.69, 9.17) is 10.5 Å². The van der Waals surface area contributed by atoms with E-state index in [1.807, 2.05) is 60.1 Å². The molecular weight excluding hydrogens is 238 g/mol. The highest BCUT2D eigenvalue weighted by Crippen LogP contribution is 2.21. The normalized spacial score (nSPS) is 10.8. The van der Waals surface area contributed by atoms with Crippen molar-refractivity contribution in [2.75, 3.05) is 5.73 Å². The second-order valence-corrected chi connectivity index (χ2v) is 4.51. The molecule has 1 aromatic carbocycles. The van der Waals surface area contributed by atoms with Gasteiger partial charge >= 0.3 is 0 Å². The number of anilines is 1. The van der Waals surface area contributed by atoms with Gasteiger partial charge in [-0.25, -0.2) is 4.98 Å². The fourth-order valence-electron chi connectivity index (χ4n) is 2.04. The molecule has 0 saturated carbocycles. The Morgan fingerprint density at radius 3 is 2.95 bits per heavy atom. The van der Waals surface area contributed by atoms with Crippen LogP contribution in [0.2, 0.25) is 0 Å². The quantitative estimate of drug-likeness (QED) is 0.730. The van der Waals surface area contributed by atoms with Crippen molar-refractivity contribution >= 4 is 11.3 Å². The summed E-state index contributed by atoms with van der Waals surface area (Å²) in [6, 6.07) is 11.5. The van der Waals surface area contributed by atoms with Crippen LogP contribution < -0.4 is 10.5 Å². The molecular formula is C15H15N3O. The lowest BCUT2D eigenvalue weighted by Crippen LogP contribution is -1.98. The number of aromatic nitrogens is 2. The third-order valence-electron chi connectivity index (χ3n) is 2.99. The number of hydrogen-bond acceptors (Lipinski definition) is 3. The molecule has 0 aliphatic heterocycles. The van der Waals surface area contributed by atoms with Gasteiger partial charge < -0.3 is 14.9 Å². The summed E-state index contributed by atoms with van der Waals surface area (Å²) in [5.41, 5.74) is 9.32. The zero-order valence-electron chi connectivity index (χ0n) is 10.7. The Bertz CT molecular complexity index is 685. The highest BCUT2D eigenvalue weighted by atomic mass is 16.5. The minimum atomic E-state index is 0.451. The Kier molecular flexibility index (Phi) is 2.83. The number of aryl methyl sites for hydroxylation is 1. The Hall–Kier alpha value is -2.49. The summed E-state index contributed by atoms with van der Waals surface area (Å²) in [6.07, 6.45) is 3.95. The zero-order chi connectivity index (χ0) is 13.2. The Balaban J connectivity index is 1.78. The second kappa shape index (κ2) is 4.65. The largest absolute Gasteiger partial charge is 0.487 e. The Labute approximate surface area is 111 Å². The van der Waals surface area contributed by atoms with E-state index in [1.165, 1.54) is 0 Å². The van der Waals surface area contributed by atoms with E-state index in [9.17, 15) is 0 Å². The molecule has 2 heterocycles. The lowest BCUT2D eigenvalue weighted by atomic mass is 10.2. The molecule has 0 unspecified atom stereocenters. The molecule has 0 radical (unpaired) electrons. The van der Waals surface area contributed by atoms with Gasteiger partial charge in [-0.15, -0.1) is 0 Å². The number of benzene rings is 1. The molecule has 0 amide bonds. The highest BCUT2D eigenvalue weighted by molar-refractivity contribution is 5.47. The van der Waals surface area contributed by atoms with Crippen LogP contribution in [0.3, 0.4) is 0 Å². The predicted molar refractivity (Wildman–Crippen MR) is 75.1 cm³/mol. The summed E-state index contributed by atoms with van der Waals surface area (Å²) < 4.78 is 7.76. The lowest BCUT2D eigenvalue weighted by Gasteiger charge is -2.07. The van der Waals surface area contributed by atoms with Crippen LogP contribution in [0, 0.1) is 6.92 Å². The molecule has 4 heteroatoms. The van der Waals surface area contributed by atoms with Crippen LogP contribution in [-0.4, -0.2) is 9.38 Å². The molecule has 0 saturated heterocycles. The molecule has 0 aliphatic rings. The van der Waals surface area contributed by atoms with E-state index < -0.39 is 0 Å². The maximum absolute atomic E-state index is 5.78. The van der Waals surface area contributed by atoms with Crippen LogP contribution in [0.1, 0.15) is 11.3 Å². The molecule has 19 heavy (non-hydrogen) atoms. The molecule has 0 spiro atoms. The van der Waals surface area contributed by atoms with Crippen LogP contribution in [0.15, 0.2) is 48.8 Å². The molecule has 2 N–H and O–H groups in total. The maximum Gasteiger partial charge on any atom is 0.137 e. The van der Waals surface area contributed by atoms with Gasteiger partial charge in [0.05, 0.1) is 5.69 Å². The van der Waals surface area contributed by atoms with E-state index in [-0.39, 0.29) is 0 Å². The van der Waals surface area contributed by atoms with Crippen molar-refractivity contribution in [2.24, 2.45) is 0 Å². The summed E-state index contributed by atoms with van der Waals surface area (Å²) in [5, 5.41) is 0. The van der Waals surface area contributed by atoms with Crippen molar-refractivity contribution in [1.29, 1.82) is 0 Å². The molecule has 0 bridgehead atoms. The van der Waals surface area contributed by atoms with Crippen molar-refractivity contribution < 1.29 is 4.74 Å². The van der Waals surface area contributed by atoms with Gasteiger partial charge in [-0.2, -0.15) is 0 Å². The summed E-state index contributed by atoms with van der Waals surface area (Å²) >= 11 is 0. The van der Waals surface area contributed by atoms with E-state index in [0.29, 0.717) is 6.61 Å². The van der Waals surface area contributed by atoms with Crippen LogP contribution in [-0.2, 0) is 6.61 Å². The van der Waals surface area contributed by atoms with Crippen LogP contribution >= 0.6 is 0 Å². The summed E-state index contributed by atoms with van der Waals surface area (Å²) in [6.45, 7) is 2.43. The fraction of sp³-hybridized carbons (Fsp3) is 0.133. The van der Waals surface area contributed by atoms with Gasteiger partial charge in [-0.05, 0) is 42.8 Å². The van der Waals surface area contributed by atoms with Gasteiger partial charge in [0.15, 0.2) is 0 Å². The number of pyridine rings is 1. The maximum atomic E-state index is 5.78. The summed E-state index contributed by atoms with van der Waals surface area (Å²) in [7, 11) is 0. The van der Waals surface area contributed by atoms with E-state index in [0.717, 1.165) is 28.3 Å². The third-order valence-corrected chi connectivity index (χ3v) is 2.99. The first-order chi connectivity index (χ1) is 9.22. The highest BCUT2D eigenvalue weighted by Gasteiger charge is 2.04. The minimum absolute atomic E-state index is 0.451. The summed E-state index contributed by atoms with van der Waals surface area (Å²) in [5.74, 6) is 0.839. The molecule has 2 aromatic heterocycles. The number of ether oxygens (including phenoxy) is 1. The molecule has 0 fully saturated rings. The van der Waals surface area contributed by atoms with Crippen molar-refractivity contribution in [3.63, 3.8) is 0 Å². The first kappa shape index (κ1) is 11.6. The predicted octanol–water partition coefficient (Wildman–Crippen LogP) is 2.80. The van der Waals surface area contributed by atoms with E-state index in [1.54, 1.807) is 0 Å². The van der Waals surface area contributed by atoms with Crippen molar-refractivity contribution in [3.8, 4) is 5.75 Å². The molecule has 0 atom stereocenters. The Morgan fingerprint density at radius 2 is 2.16 bits per heavy atom. The van der Waals surface area contributed by atoms with Crippen molar-refractivity contribution in [1.82, 2.24) is 9.38 Å². The minimum Gasteiger partial charge on any atom is -0.487 e. The van der Waals surface area contributed by atoms with E-state index >= 15 is 0 Å². The first-order valence-electron chi connectivity index (χ1n) is 6.14. The van der Waals surface area contributed by atoms with Crippen LogP contribution in [0.5, 0.6) is 5.75 Å². The first-order valence-corrected chi connectivity index (χ1v) is 6.14. The molecule has 0 aliphatic carbocycles. The van der Waals surface area contributed by atoms with Gasteiger partial charge in [0.1, 0.15) is 18.0 Å². The topological polar surface area (TPSA) is 52.5 Å². The number of nitrogens with zero attached hydrogens (tertiary/aromatic N) is 2. The molecule has 96 valence electrons. The van der Waals surface area contributed by atoms with Gasteiger partial charge in [-0.1, -0.05) is 6.07 Å². The van der Waals surface area contributed by atoms with Gasteiger partial charge in [0.25, 0.3) is 0 Å². The average molecular weight is 253 g/mol. The van der Waals surface area contributed by atoms with E-state index in [2.05, 4.69) is 4.98 Å². The fourth-order valence-corrected chi connectivity index (χ4v) is 2.04. The molecule has 3 aromatic rings. The average Bonchev–Trinajstić information content (AvgIpc) is 2.80. The number of fused-ring (bicyclic) bond motifs is 1. The molecule has 3 rings (SSSR count). The van der Waals surface area contributed by atoms with Gasteiger partial charge in [0.2, 0.25) is 0 Å². The Morgan fingerprint density at radius 1 is 1.26 bits per heavy atom. The number of nitrogen functional groups attached to an aromatic ring is 1. The second-order valence-electron chi connectivity index (χ2n) is 4.51. The van der Waals surface area contributed by atoms with Gasteiger partial charge in [0, 0.05) is 18.1 Å². The lowest BCUT2D eigenvalue weighted by molar-refractivity contribution is 0.300. The number of nitrogens with two attached hydrogens (primary N) is 1. The number of rotatable bonds is 3. The number of hydrogen-bond donors (Lipinski definition) is 1. The third kappa shape index (κ3) is 2.38. The van der Waals surface area contributed by atoms with Crippen molar-refractivity contribution in [2.45, 2.75) is 13.5 Å². The number of imidazole rings is 1. The van der Waals surface area contributed by atoms with Gasteiger partial charge in [-0.3, -0.25) is 0 Å². The smallest absolute Gasteiger partial charge is 0.137 e. The van der Waals surface area contributed by atoms with Crippen molar-refractivity contribution in [3.05, 3.63) is 60.0 Å². The van der Waals surface area contributed by atoms with Crippen LogP contribution in [0.4, 0.5) is 5.69 Å². The van der Waals surface area contributed by atoms with Crippen LogP contribution in [0.25, 0.3) is 5.65 Å². The standard InChI is InChI=1S/C15H15N3O/c1-11-8-12(16)5-6-14(11)19-10-13-9-18-7-3-2-4-15(18)17-13/h2-9H,10,16H2,1H3. The monoisotopic (exact) mass is 253 g/mol. The summed E-state index contributed by atoms with van der Waals surface area (Å²) in [4.78, 5) is 4.49. The zero-order valence-corrected chi connectivity index (χ0v) is 10.7.